The number of rotatable bonds is 3. The Morgan fingerprint density at radius 2 is 2.20 bits per heavy atom. The van der Waals surface area contributed by atoms with Gasteiger partial charge in [-0.1, -0.05) is 22.0 Å². The molecule has 1 rings (SSSR count). The first-order valence-electron chi connectivity index (χ1n) is 4.64. The van der Waals surface area contributed by atoms with Crippen LogP contribution < -0.4 is 0 Å². The van der Waals surface area contributed by atoms with Gasteiger partial charge >= 0.3 is 5.97 Å². The second-order valence-electron chi connectivity index (χ2n) is 3.17. The van der Waals surface area contributed by atoms with Crippen molar-refractivity contribution in [1.29, 1.82) is 0 Å². The fourth-order valence-corrected chi connectivity index (χ4v) is 1.54. The molecule has 0 saturated carbocycles. The van der Waals surface area contributed by atoms with Crippen molar-refractivity contribution in [3.8, 4) is 0 Å². The van der Waals surface area contributed by atoms with Gasteiger partial charge in [0, 0.05) is 4.47 Å². The number of hydrogen-bond acceptors (Lipinski definition) is 2. The summed E-state index contributed by atoms with van der Waals surface area (Å²) in [5, 5.41) is 0. The molecule has 0 fully saturated rings. The number of carbonyl (C=O) groups excluding carboxylic acids is 1. The van der Waals surface area contributed by atoms with Gasteiger partial charge < -0.3 is 4.74 Å². The van der Waals surface area contributed by atoms with E-state index in [1.807, 2.05) is 6.92 Å². The van der Waals surface area contributed by atoms with Gasteiger partial charge in [0.1, 0.15) is 5.82 Å². The summed E-state index contributed by atoms with van der Waals surface area (Å²) in [6, 6.07) is 3.01. The second kappa shape index (κ2) is 5.26. The zero-order chi connectivity index (χ0) is 11.4. The number of hydrogen-bond donors (Lipinski definition) is 0. The van der Waals surface area contributed by atoms with E-state index in [0.717, 1.165) is 5.56 Å². The Morgan fingerprint density at radius 3 is 2.80 bits per heavy atom. The van der Waals surface area contributed by atoms with E-state index < -0.39 is 5.97 Å². The minimum atomic E-state index is -0.405. The standard InChI is InChI=1S/C11H12BrFO2/c1-3-15-11(14)5-8-4-7(2)9(12)6-10(8)13/h4,6H,3,5H2,1-2H3. The van der Waals surface area contributed by atoms with Crippen molar-refractivity contribution in [1.82, 2.24) is 0 Å². The number of ether oxygens (including phenoxy) is 1. The summed E-state index contributed by atoms with van der Waals surface area (Å²) in [6.45, 7) is 3.88. The first-order valence-corrected chi connectivity index (χ1v) is 5.44. The van der Waals surface area contributed by atoms with E-state index in [1.54, 1.807) is 13.0 Å². The quantitative estimate of drug-likeness (QED) is 0.793. The molecule has 82 valence electrons. The van der Waals surface area contributed by atoms with E-state index in [4.69, 9.17) is 4.74 Å². The van der Waals surface area contributed by atoms with Gasteiger partial charge in [0.25, 0.3) is 0 Å². The van der Waals surface area contributed by atoms with Crippen LogP contribution in [-0.4, -0.2) is 12.6 Å². The molecule has 0 radical (unpaired) electrons. The molecule has 1 aromatic carbocycles. The summed E-state index contributed by atoms with van der Waals surface area (Å²) in [6.07, 6.45) is -0.0200. The van der Waals surface area contributed by atoms with Crippen LogP contribution in [-0.2, 0) is 16.0 Å². The second-order valence-corrected chi connectivity index (χ2v) is 4.03. The molecule has 0 aliphatic carbocycles. The van der Waals surface area contributed by atoms with Crippen LogP contribution in [0, 0.1) is 12.7 Å². The third-order valence-corrected chi connectivity index (χ3v) is 2.82. The molecule has 0 saturated heterocycles. The number of benzene rings is 1. The first-order chi connectivity index (χ1) is 7.04. The highest BCUT2D eigenvalue weighted by Crippen LogP contribution is 2.21. The molecule has 15 heavy (non-hydrogen) atoms. The maximum absolute atomic E-state index is 13.4. The Labute approximate surface area is 96.6 Å². The molecule has 0 aliphatic rings. The average Bonchev–Trinajstić information content (AvgIpc) is 2.14. The van der Waals surface area contributed by atoms with Gasteiger partial charge in [0.15, 0.2) is 0 Å². The highest BCUT2D eigenvalue weighted by molar-refractivity contribution is 9.10. The van der Waals surface area contributed by atoms with Crippen LogP contribution in [0.3, 0.4) is 0 Å². The van der Waals surface area contributed by atoms with Gasteiger partial charge in [-0.05, 0) is 31.0 Å². The van der Waals surface area contributed by atoms with E-state index >= 15 is 0 Å². The smallest absolute Gasteiger partial charge is 0.310 e. The monoisotopic (exact) mass is 274 g/mol. The lowest BCUT2D eigenvalue weighted by molar-refractivity contribution is -0.142. The van der Waals surface area contributed by atoms with Crippen LogP contribution in [0.4, 0.5) is 4.39 Å². The number of carbonyl (C=O) groups is 1. The maximum atomic E-state index is 13.4. The van der Waals surface area contributed by atoms with E-state index in [-0.39, 0.29) is 12.2 Å². The largest absolute Gasteiger partial charge is 0.466 e. The highest BCUT2D eigenvalue weighted by Gasteiger charge is 2.10. The number of halogens is 2. The van der Waals surface area contributed by atoms with Crippen molar-refractivity contribution < 1.29 is 13.9 Å². The summed E-state index contributed by atoms with van der Waals surface area (Å²) in [5.74, 6) is -0.793. The molecule has 0 spiro atoms. The van der Waals surface area contributed by atoms with Crippen LogP contribution in [0.15, 0.2) is 16.6 Å². The predicted molar refractivity (Wildman–Crippen MR) is 59.2 cm³/mol. The Balaban J connectivity index is 2.86. The molecule has 0 N–H and O–H groups in total. The third kappa shape index (κ3) is 3.30. The van der Waals surface area contributed by atoms with Crippen LogP contribution in [0.1, 0.15) is 18.1 Å². The lowest BCUT2D eigenvalue weighted by Crippen LogP contribution is -2.09. The van der Waals surface area contributed by atoms with Crippen molar-refractivity contribution >= 4 is 21.9 Å². The van der Waals surface area contributed by atoms with Gasteiger partial charge in [-0.15, -0.1) is 0 Å². The summed E-state index contributed by atoms with van der Waals surface area (Å²) in [7, 11) is 0. The molecular weight excluding hydrogens is 263 g/mol. The molecule has 0 heterocycles. The Morgan fingerprint density at radius 1 is 1.53 bits per heavy atom. The third-order valence-electron chi connectivity index (χ3n) is 1.97. The summed E-state index contributed by atoms with van der Waals surface area (Å²) < 4.78 is 18.8. The van der Waals surface area contributed by atoms with E-state index in [9.17, 15) is 9.18 Å². The van der Waals surface area contributed by atoms with E-state index in [0.29, 0.717) is 16.6 Å². The van der Waals surface area contributed by atoms with Crippen LogP contribution in [0.2, 0.25) is 0 Å². The van der Waals surface area contributed by atoms with Gasteiger partial charge in [-0.2, -0.15) is 0 Å². The van der Waals surface area contributed by atoms with Crippen molar-refractivity contribution in [3.05, 3.63) is 33.5 Å². The predicted octanol–water partition coefficient (Wildman–Crippen LogP) is 3.00. The molecule has 2 nitrogen and oxygen atoms in total. The number of aryl methyl sites for hydroxylation is 1. The summed E-state index contributed by atoms with van der Waals surface area (Å²) >= 11 is 3.22. The first kappa shape index (κ1) is 12.2. The molecule has 0 aliphatic heterocycles. The van der Waals surface area contributed by atoms with E-state index in [2.05, 4.69) is 15.9 Å². The topological polar surface area (TPSA) is 26.3 Å². The maximum Gasteiger partial charge on any atom is 0.310 e. The minimum Gasteiger partial charge on any atom is -0.466 e. The summed E-state index contributed by atoms with van der Waals surface area (Å²) in [5.41, 5.74) is 1.27. The van der Waals surface area contributed by atoms with Gasteiger partial charge in [0.05, 0.1) is 13.0 Å². The molecule has 0 bridgehead atoms. The fourth-order valence-electron chi connectivity index (χ4n) is 1.22. The van der Waals surface area contributed by atoms with Crippen LogP contribution >= 0.6 is 15.9 Å². The van der Waals surface area contributed by atoms with Gasteiger partial charge in [0.2, 0.25) is 0 Å². The number of esters is 1. The lowest BCUT2D eigenvalue weighted by atomic mass is 10.1. The average molecular weight is 275 g/mol. The zero-order valence-electron chi connectivity index (χ0n) is 8.64. The molecule has 0 unspecified atom stereocenters. The van der Waals surface area contributed by atoms with Crippen molar-refractivity contribution in [2.24, 2.45) is 0 Å². The molecule has 0 aromatic heterocycles. The van der Waals surface area contributed by atoms with Gasteiger partial charge in [-0.25, -0.2) is 4.39 Å². The summed E-state index contributed by atoms with van der Waals surface area (Å²) in [4.78, 5) is 11.2. The fraction of sp³-hybridized carbons (Fsp3) is 0.364. The Kier molecular flexibility index (Phi) is 4.27. The SMILES string of the molecule is CCOC(=O)Cc1cc(C)c(Br)cc1F. The Bertz CT molecular complexity index is 377. The van der Waals surface area contributed by atoms with Crippen molar-refractivity contribution in [2.75, 3.05) is 6.61 Å². The van der Waals surface area contributed by atoms with Crippen molar-refractivity contribution in [2.45, 2.75) is 20.3 Å². The normalized spacial score (nSPS) is 10.1. The van der Waals surface area contributed by atoms with E-state index in [1.165, 1.54) is 6.07 Å². The van der Waals surface area contributed by atoms with Crippen LogP contribution in [0.25, 0.3) is 0 Å². The molecule has 0 atom stereocenters. The van der Waals surface area contributed by atoms with Crippen molar-refractivity contribution in [3.63, 3.8) is 0 Å². The van der Waals surface area contributed by atoms with Crippen LogP contribution in [0.5, 0.6) is 0 Å². The molecular formula is C11H12BrFO2. The highest BCUT2D eigenvalue weighted by atomic mass is 79.9. The molecule has 4 heteroatoms. The molecule has 1 aromatic rings. The lowest BCUT2D eigenvalue weighted by Gasteiger charge is -2.06. The molecule has 0 amide bonds. The zero-order valence-corrected chi connectivity index (χ0v) is 10.2. The minimum absolute atomic E-state index is 0.0200. The van der Waals surface area contributed by atoms with Gasteiger partial charge in [-0.3, -0.25) is 4.79 Å². The Hall–Kier alpha value is -0.900.